The summed E-state index contributed by atoms with van der Waals surface area (Å²) in [6.45, 7) is 0. The second-order valence-corrected chi connectivity index (χ2v) is 6.77. The Kier molecular flexibility index (Phi) is 2.32. The molecule has 1 aromatic carbocycles. The smallest absolute Gasteiger partial charge is 0.258 e. The van der Waals surface area contributed by atoms with Crippen LogP contribution in [0.3, 0.4) is 0 Å². The maximum absolute atomic E-state index is 10.8. The molecule has 0 spiro atoms. The summed E-state index contributed by atoms with van der Waals surface area (Å²) in [4.78, 5) is 10.4. The molecule has 0 N–H and O–H groups in total. The van der Waals surface area contributed by atoms with Crippen molar-refractivity contribution in [2.24, 2.45) is 34.0 Å². The van der Waals surface area contributed by atoms with Crippen LogP contribution in [0.2, 0.25) is 0 Å². The molecule has 1 aromatic rings. The number of hydrogen-bond acceptors (Lipinski definition) is 5. The Morgan fingerprint density at radius 1 is 1.18 bits per heavy atom. The van der Waals surface area contributed by atoms with Crippen molar-refractivity contribution in [1.29, 1.82) is 0 Å². The number of hydrogen-bond donors (Lipinski definition) is 0. The molecule has 2 fully saturated rings. The van der Waals surface area contributed by atoms with Crippen LogP contribution in [0.1, 0.15) is 12.8 Å². The quantitative estimate of drug-likeness (QED) is 0.477. The molecule has 1 aliphatic heterocycles. The van der Waals surface area contributed by atoms with E-state index in [0.29, 0.717) is 29.8 Å². The van der Waals surface area contributed by atoms with Gasteiger partial charge in [0.2, 0.25) is 0 Å². The predicted octanol–water partition coefficient (Wildman–Crippen LogP) is 3.36. The summed E-state index contributed by atoms with van der Waals surface area (Å²) in [5, 5.41) is 21.7. The van der Waals surface area contributed by atoms with Gasteiger partial charge in [0.05, 0.1) is 22.7 Å². The van der Waals surface area contributed by atoms with Gasteiger partial charge in [-0.2, -0.15) is 5.11 Å². The Morgan fingerprint density at radius 2 is 2.00 bits per heavy atom. The molecule has 3 aliphatic carbocycles. The summed E-state index contributed by atoms with van der Waals surface area (Å²) in [5.41, 5.74) is 1.02. The van der Waals surface area contributed by atoms with Crippen molar-refractivity contribution >= 4 is 11.4 Å². The first-order valence-corrected chi connectivity index (χ1v) is 7.85. The van der Waals surface area contributed by atoms with E-state index in [0.717, 1.165) is 11.6 Å². The number of nitro benzene ring substituents is 1. The molecule has 1 heterocycles. The van der Waals surface area contributed by atoms with Crippen LogP contribution in [0.5, 0.6) is 0 Å². The minimum absolute atomic E-state index is 0.114. The van der Waals surface area contributed by atoms with Gasteiger partial charge >= 0.3 is 0 Å². The van der Waals surface area contributed by atoms with Crippen LogP contribution in [0.15, 0.2) is 46.8 Å². The van der Waals surface area contributed by atoms with Crippen molar-refractivity contribution in [2.45, 2.75) is 24.9 Å². The molecule has 0 amide bonds. The maximum atomic E-state index is 10.8. The second kappa shape index (κ2) is 4.15. The summed E-state index contributed by atoms with van der Waals surface area (Å²) in [6, 6.07) is 7.30. The van der Waals surface area contributed by atoms with Crippen molar-refractivity contribution in [3.8, 4) is 0 Å². The lowest BCUT2D eigenvalue weighted by molar-refractivity contribution is -0.384. The van der Waals surface area contributed by atoms with Gasteiger partial charge in [0.1, 0.15) is 0 Å². The summed E-state index contributed by atoms with van der Waals surface area (Å²) in [5.74, 6) is 2.71. The molecule has 0 unspecified atom stereocenters. The summed E-state index contributed by atoms with van der Waals surface area (Å²) in [6.07, 6.45) is 7.15. The number of rotatable bonds is 2. The number of anilines is 1. The first-order chi connectivity index (χ1) is 10.7. The Hall–Kier alpha value is -2.24. The van der Waals surface area contributed by atoms with Crippen molar-refractivity contribution in [3.63, 3.8) is 0 Å². The van der Waals surface area contributed by atoms with Gasteiger partial charge in [-0.3, -0.25) is 10.1 Å². The highest BCUT2D eigenvalue weighted by atomic mass is 16.6. The molecule has 6 heteroatoms. The second-order valence-electron chi connectivity index (χ2n) is 6.77. The molecule has 0 radical (unpaired) electrons. The molecular formula is C16H16N4O2. The Balaban J connectivity index is 1.46. The van der Waals surface area contributed by atoms with Crippen LogP contribution in [0.25, 0.3) is 0 Å². The normalized spacial score (nSPS) is 40.3. The molecule has 0 saturated heterocycles. The highest BCUT2D eigenvalue weighted by Crippen LogP contribution is 2.60. The number of nitrogens with zero attached hydrogens (tertiary/aromatic N) is 4. The van der Waals surface area contributed by atoms with E-state index in [1.165, 1.54) is 12.8 Å². The minimum atomic E-state index is -0.371. The van der Waals surface area contributed by atoms with E-state index in [2.05, 4.69) is 22.5 Å². The Bertz CT molecular complexity index is 699. The van der Waals surface area contributed by atoms with Gasteiger partial charge in [-0.1, -0.05) is 17.4 Å². The first kappa shape index (κ1) is 12.3. The number of benzene rings is 1. The van der Waals surface area contributed by atoms with Crippen molar-refractivity contribution in [1.82, 2.24) is 0 Å². The average Bonchev–Trinajstić information content (AvgIpc) is 3.25. The van der Waals surface area contributed by atoms with Gasteiger partial charge in [-0.05, 0) is 48.6 Å². The van der Waals surface area contributed by atoms with Crippen molar-refractivity contribution in [2.75, 3.05) is 5.01 Å². The molecule has 2 saturated carbocycles. The van der Waals surface area contributed by atoms with Gasteiger partial charge in [0.25, 0.3) is 5.69 Å². The number of fused-ring (bicyclic) bond motifs is 8. The monoisotopic (exact) mass is 296 g/mol. The number of nitro groups is 1. The standard InChI is InChI=1S/C16H16N4O2/c21-20(22)10-6-4-9(5-7-10)19-16-14-8-13(15(16)17-18-19)11-2-1-3-12(11)14/h1,3-7,11-16H,2,8H2/t11-,12+,13-,14-,15+,16-/m0/s1. The average molecular weight is 296 g/mol. The van der Waals surface area contributed by atoms with Crippen molar-refractivity contribution < 1.29 is 4.92 Å². The summed E-state index contributed by atoms with van der Waals surface area (Å²) >= 11 is 0. The Labute approximate surface area is 127 Å². The third kappa shape index (κ3) is 1.44. The molecule has 0 aromatic heterocycles. The third-order valence-electron chi connectivity index (χ3n) is 5.97. The molecule has 4 aliphatic rings. The fourth-order valence-corrected chi connectivity index (χ4v) is 5.13. The van der Waals surface area contributed by atoms with Crippen LogP contribution in [-0.2, 0) is 0 Å². The van der Waals surface area contributed by atoms with Crippen LogP contribution in [-0.4, -0.2) is 17.0 Å². The minimum Gasteiger partial charge on any atom is -0.258 e. The van der Waals surface area contributed by atoms with E-state index in [9.17, 15) is 10.1 Å². The maximum Gasteiger partial charge on any atom is 0.269 e. The Morgan fingerprint density at radius 3 is 2.77 bits per heavy atom. The highest BCUT2D eigenvalue weighted by molar-refractivity contribution is 5.52. The highest BCUT2D eigenvalue weighted by Gasteiger charge is 2.61. The number of allylic oxidation sites excluding steroid dienone is 2. The lowest BCUT2D eigenvalue weighted by atomic mass is 9.76. The van der Waals surface area contributed by atoms with Crippen molar-refractivity contribution in [3.05, 3.63) is 46.5 Å². The van der Waals surface area contributed by atoms with E-state index >= 15 is 0 Å². The van der Waals surface area contributed by atoms with E-state index in [1.807, 2.05) is 5.01 Å². The molecule has 5 rings (SSSR count). The SMILES string of the molecule is O=[N+]([O-])c1ccc(N2N=N[C@@H]3[C@H]4C[C@@H]([C@@H]5C=CC[C@@H]54)[C@@H]32)cc1. The molecule has 112 valence electrons. The third-order valence-corrected chi connectivity index (χ3v) is 5.97. The molecule has 6 atom stereocenters. The van der Waals surface area contributed by atoms with Crippen LogP contribution >= 0.6 is 0 Å². The zero-order valence-corrected chi connectivity index (χ0v) is 11.9. The van der Waals surface area contributed by atoms with Gasteiger partial charge in [0.15, 0.2) is 0 Å². The van der Waals surface area contributed by atoms with Gasteiger partial charge in [-0.15, -0.1) is 0 Å². The van der Waals surface area contributed by atoms with Crippen LogP contribution in [0, 0.1) is 33.8 Å². The predicted molar refractivity (Wildman–Crippen MR) is 80.3 cm³/mol. The van der Waals surface area contributed by atoms with E-state index in [1.54, 1.807) is 24.3 Å². The zero-order valence-electron chi connectivity index (χ0n) is 11.9. The van der Waals surface area contributed by atoms with E-state index < -0.39 is 0 Å². The lowest BCUT2D eigenvalue weighted by Gasteiger charge is -2.35. The van der Waals surface area contributed by atoms with Gasteiger partial charge in [-0.25, -0.2) is 5.01 Å². The van der Waals surface area contributed by atoms with Crippen LogP contribution < -0.4 is 5.01 Å². The topological polar surface area (TPSA) is 71.1 Å². The largest absolute Gasteiger partial charge is 0.269 e. The van der Waals surface area contributed by atoms with Gasteiger partial charge < -0.3 is 0 Å². The van der Waals surface area contributed by atoms with E-state index in [4.69, 9.17) is 0 Å². The zero-order chi connectivity index (χ0) is 14.8. The molecule has 22 heavy (non-hydrogen) atoms. The lowest BCUT2D eigenvalue weighted by Crippen LogP contribution is -2.44. The first-order valence-electron chi connectivity index (χ1n) is 7.85. The van der Waals surface area contributed by atoms with Crippen LogP contribution in [0.4, 0.5) is 11.4 Å². The fraction of sp³-hybridized carbons (Fsp3) is 0.500. The molecular weight excluding hydrogens is 280 g/mol. The van der Waals surface area contributed by atoms with E-state index in [-0.39, 0.29) is 10.6 Å². The molecule has 6 nitrogen and oxygen atoms in total. The number of non-ortho nitro benzene ring substituents is 1. The summed E-state index contributed by atoms with van der Waals surface area (Å²) < 4.78 is 0. The van der Waals surface area contributed by atoms with Gasteiger partial charge in [0, 0.05) is 12.1 Å². The summed E-state index contributed by atoms with van der Waals surface area (Å²) in [7, 11) is 0. The fourth-order valence-electron chi connectivity index (χ4n) is 5.13. The molecule has 2 bridgehead atoms.